The summed E-state index contributed by atoms with van der Waals surface area (Å²) in [7, 11) is 0. The number of aliphatic hydroxyl groups excluding tert-OH is 1. The van der Waals surface area contributed by atoms with Gasteiger partial charge in [0.05, 0.1) is 6.61 Å². The lowest BCUT2D eigenvalue weighted by molar-refractivity contribution is -0.141. The average molecular weight is 200 g/mol. The highest BCUT2D eigenvalue weighted by molar-refractivity contribution is 5.89. The normalized spacial score (nSPS) is 31.9. The number of carboxylic acid groups (broad SMARTS) is 1. The molecule has 76 valence electrons. The van der Waals surface area contributed by atoms with Crippen molar-refractivity contribution in [3.8, 4) is 0 Å². The summed E-state index contributed by atoms with van der Waals surface area (Å²) in [6.07, 6.45) is 0.521. The lowest BCUT2D eigenvalue weighted by Gasteiger charge is -2.34. The Bertz CT molecular complexity index is 326. The summed E-state index contributed by atoms with van der Waals surface area (Å²) in [6, 6.07) is -1.61. The number of fused-ring (bicyclic) bond motifs is 1. The zero-order chi connectivity index (χ0) is 10.3. The van der Waals surface area contributed by atoms with Crippen molar-refractivity contribution in [1.82, 2.24) is 10.2 Å². The van der Waals surface area contributed by atoms with Crippen LogP contribution in [0.15, 0.2) is 11.8 Å². The number of carbonyl (C=O) groups is 2. The van der Waals surface area contributed by atoms with Gasteiger partial charge in [-0.3, -0.25) is 5.32 Å². The molecule has 0 saturated carbocycles. The molecule has 0 unspecified atom stereocenters. The van der Waals surface area contributed by atoms with E-state index < -0.39 is 24.4 Å². The first-order valence-corrected chi connectivity index (χ1v) is 3.94. The molecule has 0 aromatic heterocycles. The number of hydrogen-bond acceptors (Lipinski definition) is 4. The van der Waals surface area contributed by atoms with Crippen LogP contribution in [-0.2, 0) is 9.53 Å². The Labute approximate surface area is 78.6 Å². The first-order valence-electron chi connectivity index (χ1n) is 3.94. The second-order valence-corrected chi connectivity index (χ2v) is 2.86. The summed E-state index contributed by atoms with van der Waals surface area (Å²) >= 11 is 0. The maximum atomic E-state index is 11.0. The van der Waals surface area contributed by atoms with Gasteiger partial charge in [-0.2, -0.15) is 0 Å². The second kappa shape index (κ2) is 2.88. The van der Waals surface area contributed by atoms with Crippen LogP contribution in [-0.4, -0.2) is 46.1 Å². The molecule has 3 N–H and O–H groups in total. The van der Waals surface area contributed by atoms with Crippen LogP contribution in [0.2, 0.25) is 0 Å². The van der Waals surface area contributed by atoms with Gasteiger partial charge in [0.15, 0.2) is 6.04 Å². The molecule has 0 bridgehead atoms. The van der Waals surface area contributed by atoms with E-state index in [0.717, 1.165) is 4.90 Å². The Morgan fingerprint density at radius 3 is 2.93 bits per heavy atom. The number of carbonyl (C=O) groups excluding carboxylic acids is 1. The Morgan fingerprint density at radius 1 is 1.71 bits per heavy atom. The van der Waals surface area contributed by atoms with Crippen LogP contribution in [0.25, 0.3) is 0 Å². The van der Waals surface area contributed by atoms with Crippen molar-refractivity contribution in [1.29, 1.82) is 0 Å². The van der Waals surface area contributed by atoms with Crippen molar-refractivity contribution in [2.45, 2.75) is 12.4 Å². The molecule has 2 aliphatic heterocycles. The molecule has 2 aliphatic rings. The van der Waals surface area contributed by atoms with Gasteiger partial charge in [0.2, 0.25) is 0 Å². The fourth-order valence-electron chi connectivity index (χ4n) is 1.45. The zero-order valence-corrected chi connectivity index (χ0v) is 7.01. The van der Waals surface area contributed by atoms with Crippen molar-refractivity contribution < 1.29 is 24.5 Å². The first kappa shape index (κ1) is 8.82. The monoisotopic (exact) mass is 200 g/mol. The molecule has 0 spiro atoms. The van der Waals surface area contributed by atoms with Gasteiger partial charge in [0.25, 0.3) is 6.35 Å². The van der Waals surface area contributed by atoms with E-state index in [4.69, 9.17) is 14.9 Å². The third-order valence-electron chi connectivity index (χ3n) is 2.06. The Balaban J connectivity index is 2.26. The smallest absolute Gasteiger partial charge is 0.334 e. The van der Waals surface area contributed by atoms with E-state index in [2.05, 4.69) is 5.32 Å². The van der Waals surface area contributed by atoms with E-state index in [-0.39, 0.29) is 12.4 Å². The van der Waals surface area contributed by atoms with Crippen molar-refractivity contribution in [3.05, 3.63) is 11.8 Å². The van der Waals surface area contributed by atoms with Gasteiger partial charge in [0, 0.05) is 0 Å². The van der Waals surface area contributed by atoms with Crippen molar-refractivity contribution in [2.75, 3.05) is 6.61 Å². The summed E-state index contributed by atoms with van der Waals surface area (Å²) in [4.78, 5) is 22.8. The molecule has 7 heteroatoms. The lowest BCUT2D eigenvalue weighted by atomic mass is 10.2. The molecular weight excluding hydrogens is 192 g/mol. The number of nitrogens with one attached hydrogen (secondary N) is 1. The maximum Gasteiger partial charge on any atom is 0.334 e. The number of nitrogens with zero attached hydrogens (tertiary/aromatic N) is 1. The van der Waals surface area contributed by atoms with Gasteiger partial charge >= 0.3 is 12.0 Å². The highest BCUT2D eigenvalue weighted by Gasteiger charge is 2.53. The summed E-state index contributed by atoms with van der Waals surface area (Å²) in [6.45, 7) is -0.326. The predicted molar refractivity (Wildman–Crippen MR) is 41.8 cm³/mol. The quantitative estimate of drug-likeness (QED) is 0.512. The number of urea groups is 1. The van der Waals surface area contributed by atoms with Crippen LogP contribution in [0, 0.1) is 0 Å². The van der Waals surface area contributed by atoms with E-state index in [1.54, 1.807) is 0 Å². The average Bonchev–Trinajstić information content (AvgIpc) is 2.39. The Kier molecular flexibility index (Phi) is 1.81. The molecule has 14 heavy (non-hydrogen) atoms. The van der Waals surface area contributed by atoms with E-state index >= 15 is 0 Å². The molecule has 2 saturated heterocycles. The Hall–Kier alpha value is -1.76. The molecule has 7 nitrogen and oxygen atoms in total. The highest BCUT2D eigenvalue weighted by Crippen LogP contribution is 2.30. The number of carboxylic acids is 1. The fourth-order valence-corrected chi connectivity index (χ4v) is 1.45. The van der Waals surface area contributed by atoms with Gasteiger partial charge in [-0.05, 0) is 6.08 Å². The van der Waals surface area contributed by atoms with Gasteiger partial charge in [0.1, 0.15) is 5.76 Å². The van der Waals surface area contributed by atoms with E-state index in [9.17, 15) is 9.59 Å². The molecule has 0 aromatic rings. The van der Waals surface area contributed by atoms with Crippen molar-refractivity contribution >= 4 is 12.0 Å². The minimum atomic E-state index is -1.18. The SMILES string of the molecule is O=C(O)[C@H]1/C(=C/CO)O[C@@H]2NC(=O)N21. The molecule has 2 heterocycles. The summed E-state index contributed by atoms with van der Waals surface area (Å²) < 4.78 is 5.06. The van der Waals surface area contributed by atoms with Crippen LogP contribution >= 0.6 is 0 Å². The van der Waals surface area contributed by atoms with E-state index in [0.29, 0.717) is 0 Å². The molecule has 2 rings (SSSR count). The summed E-state index contributed by atoms with van der Waals surface area (Å²) in [5, 5.41) is 19.8. The van der Waals surface area contributed by atoms with E-state index in [1.165, 1.54) is 6.08 Å². The highest BCUT2D eigenvalue weighted by atomic mass is 16.6. The number of amides is 2. The van der Waals surface area contributed by atoms with Crippen LogP contribution in [0.3, 0.4) is 0 Å². The van der Waals surface area contributed by atoms with Gasteiger partial charge < -0.3 is 14.9 Å². The number of aliphatic carboxylic acids is 1. The standard InChI is InChI=1S/C7H8N2O5/c10-2-1-3-4(5(11)12)9-6(13)8-7(9)14-3/h1,4,7,10H,2H2,(H,8,13)(H,11,12)/b3-1-/t4-,7-/m1/s1. The van der Waals surface area contributed by atoms with Crippen LogP contribution < -0.4 is 5.32 Å². The van der Waals surface area contributed by atoms with Crippen molar-refractivity contribution in [3.63, 3.8) is 0 Å². The number of ether oxygens (including phenoxy) is 1. The third-order valence-corrected chi connectivity index (χ3v) is 2.06. The van der Waals surface area contributed by atoms with Gasteiger partial charge in [-0.1, -0.05) is 0 Å². The number of rotatable bonds is 2. The third kappa shape index (κ3) is 1.02. The fraction of sp³-hybridized carbons (Fsp3) is 0.429. The molecule has 0 aromatic carbocycles. The van der Waals surface area contributed by atoms with Crippen molar-refractivity contribution in [2.24, 2.45) is 0 Å². The van der Waals surface area contributed by atoms with Crippen LogP contribution in [0.1, 0.15) is 0 Å². The molecule has 2 amide bonds. The molecule has 0 radical (unpaired) electrons. The summed E-state index contributed by atoms with van der Waals surface area (Å²) in [5.74, 6) is -1.09. The van der Waals surface area contributed by atoms with E-state index in [1.807, 2.05) is 0 Å². The molecule has 2 atom stereocenters. The van der Waals surface area contributed by atoms with Crippen LogP contribution in [0.4, 0.5) is 4.79 Å². The minimum absolute atomic E-state index is 0.0864. The second-order valence-electron chi connectivity index (χ2n) is 2.86. The number of hydrogen-bond donors (Lipinski definition) is 3. The van der Waals surface area contributed by atoms with Crippen LogP contribution in [0.5, 0.6) is 0 Å². The molecular formula is C7H8N2O5. The first-order chi connectivity index (χ1) is 6.65. The predicted octanol–water partition coefficient (Wildman–Crippen LogP) is -1.35. The Morgan fingerprint density at radius 2 is 2.43 bits per heavy atom. The maximum absolute atomic E-state index is 11.0. The molecule has 0 aliphatic carbocycles. The lowest BCUT2D eigenvalue weighted by Crippen LogP contribution is -2.66. The largest absolute Gasteiger partial charge is 0.479 e. The van der Waals surface area contributed by atoms with Gasteiger partial charge in [-0.25, -0.2) is 14.5 Å². The zero-order valence-electron chi connectivity index (χ0n) is 7.01. The number of aliphatic hydroxyl groups is 1. The topological polar surface area (TPSA) is 99.1 Å². The summed E-state index contributed by atoms with van der Waals surface area (Å²) in [5.41, 5.74) is 0. The van der Waals surface area contributed by atoms with Gasteiger partial charge in [-0.15, -0.1) is 0 Å². The minimum Gasteiger partial charge on any atom is -0.479 e. The molecule has 2 fully saturated rings.